The molecule has 1 heterocycles. The number of aliphatic imine (C=N–C) groups is 1. The van der Waals surface area contributed by atoms with Crippen molar-refractivity contribution in [1.29, 1.82) is 0 Å². The Hall–Kier alpha value is -2.36. The molecule has 2 rings (SSSR count). The molecule has 2 aromatic rings. The fraction of sp³-hybridized carbons (Fsp3) is 0.0769. The molecule has 0 saturated heterocycles. The monoisotopic (exact) mass is 226 g/mol. The largest absolute Gasteiger partial charge is 0.309 e. The minimum atomic E-state index is 1.03. The molecule has 0 aliphatic heterocycles. The summed E-state index contributed by atoms with van der Waals surface area (Å²) in [5.74, 6) is 0. The molecule has 0 amide bonds. The van der Waals surface area contributed by atoms with E-state index in [0.29, 0.717) is 0 Å². The van der Waals surface area contributed by atoms with Crippen LogP contribution in [-0.2, 0) is 0 Å². The lowest BCUT2D eigenvalue weighted by molar-refractivity contribution is 1.09. The molecule has 0 bridgehead atoms. The summed E-state index contributed by atoms with van der Waals surface area (Å²) in [6.07, 6.45) is 7.11. The first-order valence-corrected chi connectivity index (χ1v) is 5.27. The standard InChI is InChI=1S/C13H14N4/c1-3-17(10-14-2)13-6-4-11(5-7-13)12-8-15-16-9-12/h3-10H,1H2,2H3,(H,15,16)/b14-10-. The van der Waals surface area contributed by atoms with Gasteiger partial charge >= 0.3 is 0 Å². The third-order valence-electron chi connectivity index (χ3n) is 2.43. The van der Waals surface area contributed by atoms with Crippen LogP contribution in [0.5, 0.6) is 0 Å². The van der Waals surface area contributed by atoms with Gasteiger partial charge in [-0.2, -0.15) is 5.10 Å². The molecule has 0 fully saturated rings. The number of H-pyrrole nitrogens is 1. The number of anilines is 1. The number of hydrogen-bond donors (Lipinski definition) is 1. The van der Waals surface area contributed by atoms with Crippen LogP contribution in [-0.4, -0.2) is 23.6 Å². The van der Waals surface area contributed by atoms with Gasteiger partial charge in [0, 0.05) is 30.7 Å². The Kier molecular flexibility index (Phi) is 3.35. The van der Waals surface area contributed by atoms with E-state index < -0.39 is 0 Å². The van der Waals surface area contributed by atoms with Crippen molar-refractivity contribution in [3.05, 3.63) is 49.4 Å². The van der Waals surface area contributed by atoms with Crippen molar-refractivity contribution in [3.63, 3.8) is 0 Å². The number of nitrogens with one attached hydrogen (secondary N) is 1. The van der Waals surface area contributed by atoms with E-state index >= 15 is 0 Å². The second-order valence-corrected chi connectivity index (χ2v) is 3.50. The van der Waals surface area contributed by atoms with Crippen molar-refractivity contribution >= 4 is 12.0 Å². The van der Waals surface area contributed by atoms with Crippen LogP contribution in [0.1, 0.15) is 0 Å². The fourth-order valence-electron chi connectivity index (χ4n) is 1.58. The Morgan fingerprint density at radius 1 is 1.29 bits per heavy atom. The summed E-state index contributed by atoms with van der Waals surface area (Å²) >= 11 is 0. The molecule has 0 unspecified atom stereocenters. The van der Waals surface area contributed by atoms with Crippen LogP contribution in [0, 0.1) is 0 Å². The van der Waals surface area contributed by atoms with Crippen LogP contribution >= 0.6 is 0 Å². The van der Waals surface area contributed by atoms with Gasteiger partial charge in [0.15, 0.2) is 0 Å². The average molecular weight is 226 g/mol. The summed E-state index contributed by atoms with van der Waals surface area (Å²) < 4.78 is 0. The van der Waals surface area contributed by atoms with Crippen molar-refractivity contribution in [2.75, 3.05) is 11.9 Å². The normalized spacial score (nSPS) is 10.6. The molecule has 0 saturated carbocycles. The number of aromatic nitrogens is 2. The summed E-state index contributed by atoms with van der Waals surface area (Å²) in [6, 6.07) is 8.12. The van der Waals surface area contributed by atoms with Crippen molar-refractivity contribution in [1.82, 2.24) is 10.2 Å². The van der Waals surface area contributed by atoms with Gasteiger partial charge in [-0.05, 0) is 17.7 Å². The number of aromatic amines is 1. The Morgan fingerprint density at radius 2 is 2.06 bits per heavy atom. The second kappa shape index (κ2) is 5.12. The Morgan fingerprint density at radius 3 is 2.59 bits per heavy atom. The van der Waals surface area contributed by atoms with Gasteiger partial charge in [0.2, 0.25) is 0 Å². The van der Waals surface area contributed by atoms with Crippen LogP contribution in [0.15, 0.2) is 54.4 Å². The lowest BCUT2D eigenvalue weighted by atomic mass is 10.1. The maximum absolute atomic E-state index is 3.97. The molecule has 1 aromatic carbocycles. The minimum Gasteiger partial charge on any atom is -0.309 e. The van der Waals surface area contributed by atoms with E-state index in [-0.39, 0.29) is 0 Å². The second-order valence-electron chi connectivity index (χ2n) is 3.50. The molecular formula is C13H14N4. The molecule has 0 spiro atoms. The number of rotatable bonds is 4. The smallest absolute Gasteiger partial charge is 0.0931 e. The molecule has 0 aliphatic rings. The maximum Gasteiger partial charge on any atom is 0.0931 e. The minimum absolute atomic E-state index is 1.03. The molecule has 17 heavy (non-hydrogen) atoms. The molecule has 0 atom stereocenters. The van der Waals surface area contributed by atoms with Gasteiger partial charge in [-0.15, -0.1) is 0 Å². The summed E-state index contributed by atoms with van der Waals surface area (Å²) in [7, 11) is 1.73. The first-order chi connectivity index (χ1) is 8.35. The summed E-state index contributed by atoms with van der Waals surface area (Å²) in [4.78, 5) is 5.83. The predicted octanol–water partition coefficient (Wildman–Crippen LogP) is 2.68. The Bertz CT molecular complexity index is 497. The zero-order chi connectivity index (χ0) is 12.1. The van der Waals surface area contributed by atoms with E-state index in [9.17, 15) is 0 Å². The first-order valence-electron chi connectivity index (χ1n) is 5.27. The SMILES string of the molecule is C=CN(/C=N\C)c1ccc(-c2cn[nH]c2)cc1. The van der Waals surface area contributed by atoms with Crippen molar-refractivity contribution in [3.8, 4) is 11.1 Å². The quantitative estimate of drug-likeness (QED) is 0.643. The van der Waals surface area contributed by atoms with Crippen LogP contribution in [0.3, 0.4) is 0 Å². The van der Waals surface area contributed by atoms with Gasteiger partial charge in [0.05, 0.1) is 12.5 Å². The summed E-state index contributed by atoms with van der Waals surface area (Å²) in [5.41, 5.74) is 3.23. The fourth-order valence-corrected chi connectivity index (χ4v) is 1.58. The van der Waals surface area contributed by atoms with E-state index in [1.165, 1.54) is 0 Å². The summed E-state index contributed by atoms with van der Waals surface area (Å²) in [5, 5.41) is 6.73. The molecule has 0 radical (unpaired) electrons. The molecule has 0 aliphatic carbocycles. The number of hydrogen-bond acceptors (Lipinski definition) is 2. The predicted molar refractivity (Wildman–Crippen MR) is 71.1 cm³/mol. The van der Waals surface area contributed by atoms with Gasteiger partial charge < -0.3 is 4.90 Å². The van der Waals surface area contributed by atoms with Gasteiger partial charge in [-0.25, -0.2) is 0 Å². The summed E-state index contributed by atoms with van der Waals surface area (Å²) in [6.45, 7) is 3.75. The van der Waals surface area contributed by atoms with Crippen molar-refractivity contribution in [2.45, 2.75) is 0 Å². The van der Waals surface area contributed by atoms with Gasteiger partial charge in [0.1, 0.15) is 0 Å². The van der Waals surface area contributed by atoms with Gasteiger partial charge in [0.25, 0.3) is 0 Å². The zero-order valence-electron chi connectivity index (χ0n) is 9.67. The lowest BCUT2D eigenvalue weighted by Crippen LogP contribution is -2.11. The zero-order valence-corrected chi connectivity index (χ0v) is 9.67. The molecule has 86 valence electrons. The first kappa shape index (κ1) is 11.1. The highest BCUT2D eigenvalue weighted by atomic mass is 15.1. The van der Waals surface area contributed by atoms with E-state index in [0.717, 1.165) is 16.8 Å². The third-order valence-corrected chi connectivity index (χ3v) is 2.43. The average Bonchev–Trinajstić information content (AvgIpc) is 2.90. The van der Waals surface area contributed by atoms with Crippen LogP contribution in [0.4, 0.5) is 5.69 Å². The van der Waals surface area contributed by atoms with E-state index in [1.54, 1.807) is 25.8 Å². The number of benzene rings is 1. The van der Waals surface area contributed by atoms with Crippen molar-refractivity contribution < 1.29 is 0 Å². The Labute approximate surface area is 100 Å². The van der Waals surface area contributed by atoms with Gasteiger partial charge in [-0.1, -0.05) is 18.7 Å². The molecular weight excluding hydrogens is 212 g/mol. The van der Waals surface area contributed by atoms with Gasteiger partial charge in [-0.3, -0.25) is 10.1 Å². The molecule has 4 heteroatoms. The third kappa shape index (κ3) is 2.42. The highest BCUT2D eigenvalue weighted by Crippen LogP contribution is 2.21. The lowest BCUT2D eigenvalue weighted by Gasteiger charge is -2.13. The van der Waals surface area contributed by atoms with E-state index in [1.807, 2.05) is 35.4 Å². The highest BCUT2D eigenvalue weighted by molar-refractivity contribution is 5.82. The molecule has 1 N–H and O–H groups in total. The Balaban J connectivity index is 2.26. The maximum atomic E-state index is 3.97. The van der Waals surface area contributed by atoms with Crippen LogP contribution < -0.4 is 4.90 Å². The van der Waals surface area contributed by atoms with Crippen LogP contribution in [0.2, 0.25) is 0 Å². The van der Waals surface area contributed by atoms with Crippen molar-refractivity contribution in [2.24, 2.45) is 4.99 Å². The number of nitrogens with zero attached hydrogens (tertiary/aromatic N) is 3. The molecule has 1 aromatic heterocycles. The molecule has 4 nitrogen and oxygen atoms in total. The topological polar surface area (TPSA) is 44.3 Å². The van der Waals surface area contributed by atoms with Crippen LogP contribution in [0.25, 0.3) is 11.1 Å². The van der Waals surface area contributed by atoms with E-state index in [2.05, 4.69) is 21.8 Å². The highest BCUT2D eigenvalue weighted by Gasteiger charge is 2.01. The van der Waals surface area contributed by atoms with E-state index in [4.69, 9.17) is 0 Å².